The lowest BCUT2D eigenvalue weighted by molar-refractivity contribution is 0.592. The van der Waals surface area contributed by atoms with Gasteiger partial charge in [-0.2, -0.15) is 10.5 Å². The molecule has 3 aromatic rings. The summed E-state index contributed by atoms with van der Waals surface area (Å²) in [7, 11) is -3.96. The fourth-order valence-corrected chi connectivity index (χ4v) is 4.40. The third kappa shape index (κ3) is 4.41. The lowest BCUT2D eigenvalue weighted by atomic mass is 10.0. The van der Waals surface area contributed by atoms with Gasteiger partial charge < -0.3 is 0 Å². The minimum absolute atomic E-state index is 0.0724. The minimum Gasteiger partial charge on any atom is -0.261 e. The van der Waals surface area contributed by atoms with E-state index in [4.69, 9.17) is 0 Å². The summed E-state index contributed by atoms with van der Waals surface area (Å²) in [4.78, 5) is 0.118. The number of allylic oxidation sites excluding steroid dienone is 1. The van der Waals surface area contributed by atoms with Gasteiger partial charge in [0, 0.05) is 0 Å². The highest BCUT2D eigenvalue weighted by molar-refractivity contribution is 7.92. The first-order valence-corrected chi connectivity index (χ1v) is 10.6. The van der Waals surface area contributed by atoms with Crippen LogP contribution in [-0.4, -0.2) is 15.0 Å². The lowest BCUT2D eigenvalue weighted by Crippen LogP contribution is -2.33. The highest BCUT2D eigenvalue weighted by Crippen LogP contribution is 2.27. The van der Waals surface area contributed by atoms with Gasteiger partial charge in [-0.15, -0.1) is 0 Å². The normalized spacial score (nSPS) is 11.7. The van der Waals surface area contributed by atoms with E-state index in [1.807, 2.05) is 19.1 Å². The van der Waals surface area contributed by atoms with Crippen molar-refractivity contribution in [2.45, 2.75) is 11.8 Å². The number of rotatable bonds is 6. The molecule has 0 atom stereocenters. The summed E-state index contributed by atoms with van der Waals surface area (Å²) in [6, 6.07) is 28.0. The number of nitrogens with zero attached hydrogens (tertiary/aromatic N) is 3. The summed E-state index contributed by atoms with van der Waals surface area (Å²) < 4.78 is 28.1. The van der Waals surface area contributed by atoms with Crippen LogP contribution in [0, 0.1) is 29.6 Å². The summed E-state index contributed by atoms with van der Waals surface area (Å²) >= 11 is 0. The number of para-hydroxylation sites is 1. The number of anilines is 1. The molecule has 0 aliphatic carbocycles. The molecule has 0 radical (unpaired) electrons. The Bertz CT molecular complexity index is 1240. The molecule has 0 aliphatic heterocycles. The molecule has 0 amide bonds. The summed E-state index contributed by atoms with van der Waals surface area (Å²) in [6.45, 7) is 1.62. The van der Waals surface area contributed by atoms with Gasteiger partial charge in [-0.1, -0.05) is 66.2 Å². The van der Waals surface area contributed by atoms with E-state index < -0.39 is 10.0 Å². The molecule has 0 unspecified atom stereocenters. The number of hydrogen-bond donors (Lipinski definition) is 0. The van der Waals surface area contributed by atoms with Gasteiger partial charge in [0.25, 0.3) is 10.0 Å². The van der Waals surface area contributed by atoms with Crippen molar-refractivity contribution in [3.05, 3.63) is 102 Å². The van der Waals surface area contributed by atoms with Crippen molar-refractivity contribution in [2.24, 2.45) is 0 Å². The Balaban J connectivity index is 2.14. The van der Waals surface area contributed by atoms with Gasteiger partial charge in [-0.25, -0.2) is 8.42 Å². The SMILES string of the molecule is Cc1ccc(S(=O)(=O)N(C/C(C#N)=C(\C#N)c2ccccc2)c2ccccc2)cc1. The second-order valence-electron chi connectivity index (χ2n) is 6.60. The van der Waals surface area contributed by atoms with E-state index in [-0.39, 0.29) is 22.6 Å². The molecule has 3 aromatic carbocycles. The van der Waals surface area contributed by atoms with Gasteiger partial charge in [0.1, 0.15) is 6.07 Å². The Morgan fingerprint density at radius 2 is 1.40 bits per heavy atom. The van der Waals surface area contributed by atoms with E-state index in [1.54, 1.807) is 78.9 Å². The Morgan fingerprint density at radius 3 is 1.93 bits per heavy atom. The second kappa shape index (κ2) is 9.09. The van der Waals surface area contributed by atoms with E-state index in [9.17, 15) is 18.9 Å². The molecular weight excluding hydrogens is 394 g/mol. The number of aryl methyl sites for hydroxylation is 1. The monoisotopic (exact) mass is 413 g/mol. The van der Waals surface area contributed by atoms with Gasteiger partial charge in [0.05, 0.1) is 34.3 Å². The first-order chi connectivity index (χ1) is 14.5. The topological polar surface area (TPSA) is 85.0 Å². The fourth-order valence-electron chi connectivity index (χ4n) is 2.97. The molecule has 0 saturated heterocycles. The number of sulfonamides is 1. The molecule has 0 saturated carbocycles. The predicted octanol–water partition coefficient (Wildman–Crippen LogP) is 4.69. The van der Waals surface area contributed by atoms with Crippen molar-refractivity contribution in [1.29, 1.82) is 10.5 Å². The Labute approximate surface area is 176 Å². The van der Waals surface area contributed by atoms with E-state index in [0.717, 1.165) is 9.87 Å². The van der Waals surface area contributed by atoms with Crippen LogP contribution in [0.3, 0.4) is 0 Å². The van der Waals surface area contributed by atoms with Crippen molar-refractivity contribution in [3.8, 4) is 12.1 Å². The zero-order valence-corrected chi connectivity index (χ0v) is 17.2. The molecule has 0 N–H and O–H groups in total. The maximum Gasteiger partial charge on any atom is 0.264 e. The van der Waals surface area contributed by atoms with Crippen LogP contribution in [-0.2, 0) is 10.0 Å². The van der Waals surface area contributed by atoms with Gasteiger partial charge in [-0.3, -0.25) is 4.31 Å². The molecule has 0 spiro atoms. The average molecular weight is 414 g/mol. The maximum absolute atomic E-state index is 13.5. The smallest absolute Gasteiger partial charge is 0.261 e. The van der Waals surface area contributed by atoms with Crippen molar-refractivity contribution >= 4 is 21.3 Å². The lowest BCUT2D eigenvalue weighted by Gasteiger charge is -2.24. The Morgan fingerprint density at radius 1 is 0.833 bits per heavy atom. The van der Waals surface area contributed by atoms with Crippen LogP contribution in [0.25, 0.3) is 5.57 Å². The molecule has 6 heteroatoms. The van der Waals surface area contributed by atoms with Crippen molar-refractivity contribution in [1.82, 2.24) is 0 Å². The van der Waals surface area contributed by atoms with Gasteiger partial charge in [0.2, 0.25) is 0 Å². The summed E-state index contributed by atoms with van der Waals surface area (Å²) in [5.74, 6) is 0. The molecular formula is C24H19N3O2S. The van der Waals surface area contributed by atoms with Crippen LogP contribution >= 0.6 is 0 Å². The summed E-state index contributed by atoms with van der Waals surface area (Å²) in [6.07, 6.45) is 0. The first-order valence-electron chi connectivity index (χ1n) is 9.20. The van der Waals surface area contributed by atoms with Crippen LogP contribution in [0.1, 0.15) is 11.1 Å². The molecule has 0 fully saturated rings. The quantitative estimate of drug-likeness (QED) is 0.549. The molecule has 3 rings (SSSR count). The molecule has 30 heavy (non-hydrogen) atoms. The summed E-state index contributed by atoms with van der Waals surface area (Å²) in [5.41, 5.74) is 2.14. The largest absolute Gasteiger partial charge is 0.264 e. The zero-order chi connectivity index (χ0) is 21.6. The molecule has 5 nitrogen and oxygen atoms in total. The van der Waals surface area contributed by atoms with Gasteiger partial charge in [-0.05, 0) is 36.8 Å². The maximum atomic E-state index is 13.5. The van der Waals surface area contributed by atoms with Crippen LogP contribution in [0.2, 0.25) is 0 Å². The molecule has 0 aromatic heterocycles. The Kier molecular flexibility index (Phi) is 6.32. The van der Waals surface area contributed by atoms with E-state index >= 15 is 0 Å². The number of hydrogen-bond acceptors (Lipinski definition) is 4. The Hall–Kier alpha value is -3.87. The molecule has 0 bridgehead atoms. The second-order valence-corrected chi connectivity index (χ2v) is 8.47. The minimum atomic E-state index is -3.96. The first kappa shape index (κ1) is 20.9. The average Bonchev–Trinajstić information content (AvgIpc) is 2.78. The van der Waals surface area contributed by atoms with Crippen LogP contribution in [0.5, 0.6) is 0 Å². The summed E-state index contributed by atoms with van der Waals surface area (Å²) in [5, 5.41) is 19.5. The van der Waals surface area contributed by atoms with Crippen molar-refractivity contribution < 1.29 is 8.42 Å². The van der Waals surface area contributed by atoms with Crippen molar-refractivity contribution in [2.75, 3.05) is 10.8 Å². The zero-order valence-electron chi connectivity index (χ0n) is 16.4. The van der Waals surface area contributed by atoms with Crippen LogP contribution in [0.4, 0.5) is 5.69 Å². The fraction of sp³-hybridized carbons (Fsp3) is 0.0833. The van der Waals surface area contributed by atoms with Gasteiger partial charge >= 0.3 is 0 Å². The standard InChI is InChI=1S/C24H19N3O2S/c1-19-12-14-23(15-13-19)30(28,29)27(22-10-6-3-7-11-22)18-21(16-25)24(17-26)20-8-4-2-5-9-20/h2-15H,18H2,1H3/b24-21+. The third-order valence-corrected chi connectivity index (χ3v) is 6.35. The van der Waals surface area contributed by atoms with E-state index in [1.165, 1.54) is 0 Å². The predicted molar refractivity (Wildman–Crippen MR) is 117 cm³/mol. The highest BCUT2D eigenvalue weighted by atomic mass is 32.2. The number of benzene rings is 3. The van der Waals surface area contributed by atoms with Crippen LogP contribution in [0.15, 0.2) is 95.4 Å². The highest BCUT2D eigenvalue weighted by Gasteiger charge is 2.27. The molecule has 148 valence electrons. The van der Waals surface area contributed by atoms with E-state index in [2.05, 4.69) is 6.07 Å². The van der Waals surface area contributed by atoms with Crippen molar-refractivity contribution in [3.63, 3.8) is 0 Å². The van der Waals surface area contributed by atoms with Crippen LogP contribution < -0.4 is 4.31 Å². The molecule has 0 aliphatic rings. The van der Waals surface area contributed by atoms with E-state index in [0.29, 0.717) is 11.3 Å². The third-order valence-electron chi connectivity index (χ3n) is 4.57. The number of nitriles is 2. The van der Waals surface area contributed by atoms with Gasteiger partial charge in [0.15, 0.2) is 0 Å². The molecule has 0 heterocycles.